The smallest absolute Gasteiger partial charge is 0.306 e. The summed E-state index contributed by atoms with van der Waals surface area (Å²) in [5.74, 6) is -0.466. The van der Waals surface area contributed by atoms with Crippen molar-refractivity contribution < 1.29 is 24.5 Å². The van der Waals surface area contributed by atoms with Crippen molar-refractivity contribution in [1.82, 2.24) is 5.32 Å². The van der Waals surface area contributed by atoms with Gasteiger partial charge in [-0.15, -0.1) is 0 Å². The van der Waals surface area contributed by atoms with Gasteiger partial charge in [-0.1, -0.05) is 213 Å². The maximum atomic E-state index is 13.1. The van der Waals surface area contributed by atoms with E-state index in [2.05, 4.69) is 38.2 Å². The van der Waals surface area contributed by atoms with Crippen molar-refractivity contribution in [2.24, 2.45) is 0 Å². The highest BCUT2D eigenvalue weighted by molar-refractivity contribution is 5.77. The van der Waals surface area contributed by atoms with Crippen LogP contribution in [0.4, 0.5) is 0 Å². The standard InChI is InChI=1S/C49H95NO5/c1-4-7-10-13-16-19-22-23-24-25-27-30-33-36-39-42-49(54)55-45(40-37-34-31-28-26-20-17-14-11-8-5-2)43-48(53)50-46(44-51)47(52)41-38-35-32-29-21-18-15-12-9-6-3/h19,22,45-47,51-52H,4-18,20-21,23-44H2,1-3H3,(H,50,53)/b22-19-. The van der Waals surface area contributed by atoms with Crippen molar-refractivity contribution >= 4 is 11.9 Å². The summed E-state index contributed by atoms with van der Waals surface area (Å²) >= 11 is 0. The molecule has 326 valence electrons. The quantitative estimate of drug-likeness (QED) is 0.0325. The molecule has 0 aromatic carbocycles. The third kappa shape index (κ3) is 39.2. The summed E-state index contributed by atoms with van der Waals surface area (Å²) in [5, 5.41) is 23.6. The first-order valence-corrected chi connectivity index (χ1v) is 24.4. The van der Waals surface area contributed by atoms with E-state index in [4.69, 9.17) is 4.74 Å². The van der Waals surface area contributed by atoms with Crippen LogP contribution in [0, 0.1) is 0 Å². The van der Waals surface area contributed by atoms with Crippen molar-refractivity contribution in [2.45, 2.75) is 283 Å². The van der Waals surface area contributed by atoms with Crippen LogP contribution in [-0.2, 0) is 14.3 Å². The van der Waals surface area contributed by atoms with Gasteiger partial charge in [0.25, 0.3) is 0 Å². The maximum Gasteiger partial charge on any atom is 0.306 e. The molecule has 0 rings (SSSR count). The highest BCUT2D eigenvalue weighted by Gasteiger charge is 2.24. The van der Waals surface area contributed by atoms with E-state index in [1.165, 1.54) is 173 Å². The topological polar surface area (TPSA) is 95.9 Å². The summed E-state index contributed by atoms with van der Waals surface area (Å²) < 4.78 is 5.92. The van der Waals surface area contributed by atoms with Gasteiger partial charge in [0.15, 0.2) is 0 Å². The van der Waals surface area contributed by atoms with Crippen LogP contribution in [0.5, 0.6) is 0 Å². The number of esters is 1. The highest BCUT2D eigenvalue weighted by Crippen LogP contribution is 2.18. The molecule has 0 spiro atoms. The fourth-order valence-corrected chi connectivity index (χ4v) is 7.60. The van der Waals surface area contributed by atoms with E-state index in [0.717, 1.165) is 44.9 Å². The Morgan fingerprint density at radius 2 is 0.873 bits per heavy atom. The molecule has 0 heterocycles. The van der Waals surface area contributed by atoms with Crippen LogP contribution in [0.1, 0.15) is 265 Å². The Morgan fingerprint density at radius 1 is 0.509 bits per heavy atom. The minimum Gasteiger partial charge on any atom is -0.462 e. The lowest BCUT2D eigenvalue weighted by Gasteiger charge is -2.24. The highest BCUT2D eigenvalue weighted by atomic mass is 16.5. The Morgan fingerprint density at radius 3 is 1.31 bits per heavy atom. The number of hydrogen-bond acceptors (Lipinski definition) is 5. The number of amides is 1. The molecule has 0 radical (unpaired) electrons. The van der Waals surface area contributed by atoms with Crippen molar-refractivity contribution in [3.05, 3.63) is 12.2 Å². The Hall–Kier alpha value is -1.40. The summed E-state index contributed by atoms with van der Waals surface area (Å²) in [6, 6.07) is -0.693. The van der Waals surface area contributed by atoms with Crippen LogP contribution in [0.3, 0.4) is 0 Å². The SMILES string of the molecule is CCCCCC/C=C\CCCCCCCCCC(=O)OC(CCCCCCCCCCCCC)CC(=O)NC(CO)C(O)CCCCCCCCCCCC. The van der Waals surface area contributed by atoms with E-state index in [1.807, 2.05) is 0 Å². The van der Waals surface area contributed by atoms with E-state index in [1.54, 1.807) is 0 Å². The first-order chi connectivity index (χ1) is 27.0. The van der Waals surface area contributed by atoms with Gasteiger partial charge in [-0.3, -0.25) is 9.59 Å². The lowest BCUT2D eigenvalue weighted by Crippen LogP contribution is -2.46. The summed E-state index contributed by atoms with van der Waals surface area (Å²) in [7, 11) is 0. The van der Waals surface area contributed by atoms with Gasteiger partial charge >= 0.3 is 5.97 Å². The number of hydrogen-bond donors (Lipinski definition) is 3. The maximum absolute atomic E-state index is 13.1. The molecular formula is C49H95NO5. The molecule has 0 saturated carbocycles. The molecule has 0 bridgehead atoms. The number of allylic oxidation sites excluding steroid dienone is 2. The van der Waals surface area contributed by atoms with Gasteiger partial charge < -0.3 is 20.3 Å². The molecule has 6 nitrogen and oxygen atoms in total. The van der Waals surface area contributed by atoms with Crippen molar-refractivity contribution in [2.75, 3.05) is 6.61 Å². The third-order valence-corrected chi connectivity index (χ3v) is 11.3. The molecule has 55 heavy (non-hydrogen) atoms. The summed E-state index contributed by atoms with van der Waals surface area (Å²) in [6.45, 7) is 6.46. The van der Waals surface area contributed by atoms with Gasteiger partial charge in [-0.2, -0.15) is 0 Å². The number of aliphatic hydroxyl groups excluding tert-OH is 2. The monoisotopic (exact) mass is 778 g/mol. The third-order valence-electron chi connectivity index (χ3n) is 11.3. The minimum atomic E-state index is -0.780. The fourth-order valence-electron chi connectivity index (χ4n) is 7.60. The van der Waals surface area contributed by atoms with Crippen LogP contribution in [0.2, 0.25) is 0 Å². The zero-order valence-electron chi connectivity index (χ0n) is 37.1. The molecule has 0 fully saturated rings. The zero-order chi connectivity index (χ0) is 40.3. The van der Waals surface area contributed by atoms with E-state index in [-0.39, 0.29) is 24.9 Å². The van der Waals surface area contributed by atoms with Crippen LogP contribution in [0.25, 0.3) is 0 Å². The molecule has 6 heteroatoms. The fraction of sp³-hybridized carbons (Fsp3) is 0.918. The predicted molar refractivity (Wildman–Crippen MR) is 237 cm³/mol. The molecule has 1 amide bonds. The lowest BCUT2D eigenvalue weighted by molar-refractivity contribution is -0.151. The van der Waals surface area contributed by atoms with Gasteiger partial charge in [0.1, 0.15) is 6.10 Å². The molecule has 0 aliphatic carbocycles. The number of nitrogens with one attached hydrogen (secondary N) is 1. The first kappa shape index (κ1) is 53.6. The lowest BCUT2D eigenvalue weighted by atomic mass is 10.0. The molecule has 0 aliphatic rings. The van der Waals surface area contributed by atoms with Crippen molar-refractivity contribution in [1.29, 1.82) is 0 Å². The number of ether oxygens (including phenoxy) is 1. The number of aliphatic hydroxyl groups is 2. The molecule has 0 aliphatic heterocycles. The second-order valence-electron chi connectivity index (χ2n) is 16.9. The second kappa shape index (κ2) is 43.7. The number of carbonyl (C=O) groups excluding carboxylic acids is 2. The minimum absolute atomic E-state index is 0.0824. The predicted octanol–water partition coefficient (Wildman–Crippen LogP) is 14.2. The summed E-state index contributed by atoms with van der Waals surface area (Å²) in [4.78, 5) is 26.0. The van der Waals surface area contributed by atoms with E-state index >= 15 is 0 Å². The number of carbonyl (C=O) groups is 2. The normalized spacial score (nSPS) is 13.3. The van der Waals surface area contributed by atoms with Crippen LogP contribution < -0.4 is 5.32 Å². The molecule has 3 unspecified atom stereocenters. The molecule has 3 atom stereocenters. The van der Waals surface area contributed by atoms with Gasteiger partial charge in [0.2, 0.25) is 5.91 Å². The van der Waals surface area contributed by atoms with Gasteiger partial charge in [-0.05, 0) is 51.4 Å². The van der Waals surface area contributed by atoms with E-state index < -0.39 is 18.2 Å². The average Bonchev–Trinajstić information content (AvgIpc) is 3.18. The number of unbranched alkanes of at least 4 members (excludes halogenated alkanes) is 30. The van der Waals surface area contributed by atoms with Crippen molar-refractivity contribution in [3.8, 4) is 0 Å². The first-order valence-electron chi connectivity index (χ1n) is 24.4. The average molecular weight is 778 g/mol. The molecule has 0 saturated heterocycles. The molecule has 0 aromatic heterocycles. The Kier molecular flexibility index (Phi) is 42.6. The Labute approximate surface area is 342 Å². The van der Waals surface area contributed by atoms with Crippen LogP contribution in [-0.4, -0.2) is 46.9 Å². The second-order valence-corrected chi connectivity index (χ2v) is 16.9. The van der Waals surface area contributed by atoms with Crippen molar-refractivity contribution in [3.63, 3.8) is 0 Å². The van der Waals surface area contributed by atoms with Gasteiger partial charge in [-0.25, -0.2) is 0 Å². The largest absolute Gasteiger partial charge is 0.462 e. The van der Waals surface area contributed by atoms with Crippen LogP contribution in [0.15, 0.2) is 12.2 Å². The Bertz CT molecular complexity index is 832. The zero-order valence-corrected chi connectivity index (χ0v) is 37.1. The molecule has 3 N–H and O–H groups in total. The van der Waals surface area contributed by atoms with E-state index in [0.29, 0.717) is 19.3 Å². The molecular weight excluding hydrogens is 683 g/mol. The summed E-state index contributed by atoms with van der Waals surface area (Å²) in [5.41, 5.74) is 0. The molecule has 0 aromatic rings. The van der Waals surface area contributed by atoms with Gasteiger partial charge in [0.05, 0.1) is 25.2 Å². The van der Waals surface area contributed by atoms with Gasteiger partial charge in [0, 0.05) is 6.42 Å². The Balaban J connectivity index is 4.52. The number of rotatable bonds is 44. The van der Waals surface area contributed by atoms with E-state index in [9.17, 15) is 19.8 Å². The van der Waals surface area contributed by atoms with Crippen LogP contribution >= 0.6 is 0 Å². The summed E-state index contributed by atoms with van der Waals surface area (Å²) in [6.07, 6.45) is 47.0.